The Balaban J connectivity index is 2.85. The van der Waals surface area contributed by atoms with E-state index in [1.165, 1.54) is 0 Å². The first-order valence-corrected chi connectivity index (χ1v) is 6.78. The number of carbonyl (C=O) groups is 1. The molecule has 0 heterocycles. The molecule has 1 N–H and O–H groups in total. The van der Waals surface area contributed by atoms with Crippen LogP contribution in [0.5, 0.6) is 0 Å². The van der Waals surface area contributed by atoms with Crippen LogP contribution in [0, 0.1) is 5.92 Å². The predicted octanol–water partition coefficient (Wildman–Crippen LogP) is 4.28. The van der Waals surface area contributed by atoms with Gasteiger partial charge < -0.3 is 5.11 Å². The van der Waals surface area contributed by atoms with Crippen LogP contribution in [-0.4, -0.2) is 16.3 Å². The first-order chi connectivity index (χ1) is 7.41. The molecule has 1 aromatic rings. The summed E-state index contributed by atoms with van der Waals surface area (Å²) in [5.41, 5.74) is 0.307. The van der Waals surface area contributed by atoms with Crippen LogP contribution >= 0.6 is 27.7 Å². The van der Waals surface area contributed by atoms with E-state index < -0.39 is 5.97 Å². The molecule has 1 rings (SSSR count). The number of carboxylic acid groups (broad SMARTS) is 1. The summed E-state index contributed by atoms with van der Waals surface area (Å²) in [5.74, 6) is -0.303. The van der Waals surface area contributed by atoms with Crippen molar-refractivity contribution >= 4 is 33.7 Å². The van der Waals surface area contributed by atoms with Gasteiger partial charge in [-0.3, -0.25) is 0 Å². The van der Waals surface area contributed by atoms with Crippen molar-refractivity contribution in [1.29, 1.82) is 0 Å². The van der Waals surface area contributed by atoms with Gasteiger partial charge in [0.1, 0.15) is 0 Å². The van der Waals surface area contributed by atoms with Crippen LogP contribution in [0.1, 0.15) is 31.1 Å². The molecule has 0 spiro atoms. The number of carboxylic acids is 1. The van der Waals surface area contributed by atoms with Crippen LogP contribution in [0.25, 0.3) is 0 Å². The van der Waals surface area contributed by atoms with Crippen molar-refractivity contribution in [1.82, 2.24) is 0 Å². The van der Waals surface area contributed by atoms with Crippen molar-refractivity contribution in [3.63, 3.8) is 0 Å². The second-order valence-electron chi connectivity index (χ2n) is 4.01. The second-order valence-corrected chi connectivity index (χ2v) is 6.32. The van der Waals surface area contributed by atoms with Gasteiger partial charge in [0.05, 0.1) is 5.56 Å². The zero-order chi connectivity index (χ0) is 12.3. The molecule has 4 heteroatoms. The summed E-state index contributed by atoms with van der Waals surface area (Å²) in [6.07, 6.45) is 0. The van der Waals surface area contributed by atoms with Gasteiger partial charge in [-0.15, -0.1) is 11.8 Å². The maximum Gasteiger partial charge on any atom is 0.336 e. The summed E-state index contributed by atoms with van der Waals surface area (Å²) >= 11 is 5.04. The molecule has 0 bridgehead atoms. The van der Waals surface area contributed by atoms with Crippen LogP contribution in [-0.2, 0) is 0 Å². The Hall–Kier alpha value is -0.480. The Bertz CT molecular complexity index is 391. The van der Waals surface area contributed by atoms with E-state index in [1.54, 1.807) is 17.8 Å². The fourth-order valence-electron chi connectivity index (χ4n) is 1.09. The number of thioether (sulfide) groups is 1. The van der Waals surface area contributed by atoms with Crippen molar-refractivity contribution in [3.8, 4) is 0 Å². The molecule has 0 aromatic heterocycles. The van der Waals surface area contributed by atoms with Crippen molar-refractivity contribution in [2.24, 2.45) is 5.92 Å². The van der Waals surface area contributed by atoms with Crippen LogP contribution in [0.15, 0.2) is 27.6 Å². The van der Waals surface area contributed by atoms with Gasteiger partial charge >= 0.3 is 5.97 Å². The molecule has 0 saturated heterocycles. The zero-order valence-electron chi connectivity index (χ0n) is 9.53. The third kappa shape index (κ3) is 3.52. The van der Waals surface area contributed by atoms with Gasteiger partial charge in [0.15, 0.2) is 0 Å². The van der Waals surface area contributed by atoms with Crippen LogP contribution in [0.2, 0.25) is 0 Å². The minimum atomic E-state index is -0.902. The highest BCUT2D eigenvalue weighted by molar-refractivity contribution is 9.10. The number of rotatable bonds is 4. The minimum absolute atomic E-state index is 0.307. The van der Waals surface area contributed by atoms with Crippen LogP contribution < -0.4 is 0 Å². The molecular weight excluding hydrogens is 288 g/mol. The summed E-state index contributed by atoms with van der Waals surface area (Å²) in [5, 5.41) is 9.41. The monoisotopic (exact) mass is 302 g/mol. The lowest BCUT2D eigenvalue weighted by atomic mass is 10.2. The highest BCUT2D eigenvalue weighted by Crippen LogP contribution is 2.30. The average molecular weight is 303 g/mol. The van der Waals surface area contributed by atoms with Gasteiger partial charge in [0.25, 0.3) is 0 Å². The fraction of sp³-hybridized carbons (Fsp3) is 0.417. The van der Waals surface area contributed by atoms with E-state index in [-0.39, 0.29) is 0 Å². The quantitative estimate of drug-likeness (QED) is 0.843. The lowest BCUT2D eigenvalue weighted by Crippen LogP contribution is -2.05. The molecule has 1 atom stereocenters. The van der Waals surface area contributed by atoms with Gasteiger partial charge in [0, 0.05) is 14.6 Å². The SMILES string of the molecule is CC(C)C(C)Sc1ccc(C(=O)O)c(Br)c1. The lowest BCUT2D eigenvalue weighted by Gasteiger charge is -2.15. The van der Waals surface area contributed by atoms with Gasteiger partial charge in [-0.25, -0.2) is 4.79 Å². The summed E-state index contributed by atoms with van der Waals surface area (Å²) in [4.78, 5) is 11.9. The molecule has 2 nitrogen and oxygen atoms in total. The van der Waals surface area contributed by atoms with Crippen LogP contribution in [0.3, 0.4) is 0 Å². The summed E-state index contributed by atoms with van der Waals surface area (Å²) in [7, 11) is 0. The van der Waals surface area contributed by atoms with E-state index in [0.717, 1.165) is 4.90 Å². The maximum atomic E-state index is 10.8. The van der Waals surface area contributed by atoms with Crippen molar-refractivity contribution in [2.45, 2.75) is 30.9 Å². The fourth-order valence-corrected chi connectivity index (χ4v) is 2.83. The third-order valence-corrected chi connectivity index (χ3v) is 4.53. The molecule has 16 heavy (non-hydrogen) atoms. The molecule has 88 valence electrons. The second kappa shape index (κ2) is 5.73. The number of benzene rings is 1. The molecule has 0 saturated carbocycles. The van der Waals surface area contributed by atoms with Gasteiger partial charge in [-0.1, -0.05) is 20.8 Å². The predicted molar refractivity (Wildman–Crippen MR) is 71.3 cm³/mol. The van der Waals surface area contributed by atoms with E-state index in [1.807, 2.05) is 12.1 Å². The number of aromatic carboxylic acids is 1. The lowest BCUT2D eigenvalue weighted by molar-refractivity contribution is 0.0696. The Morgan fingerprint density at radius 2 is 2.00 bits per heavy atom. The van der Waals surface area contributed by atoms with Gasteiger partial charge in [-0.05, 0) is 40.0 Å². The summed E-state index contributed by atoms with van der Waals surface area (Å²) < 4.78 is 0.640. The van der Waals surface area contributed by atoms with E-state index >= 15 is 0 Å². The molecular formula is C12H15BrO2S. The zero-order valence-corrected chi connectivity index (χ0v) is 11.9. The smallest absolute Gasteiger partial charge is 0.336 e. The molecule has 0 radical (unpaired) electrons. The Morgan fingerprint density at radius 3 is 2.44 bits per heavy atom. The van der Waals surface area contributed by atoms with Crippen molar-refractivity contribution in [2.75, 3.05) is 0 Å². The molecule has 1 unspecified atom stereocenters. The highest BCUT2D eigenvalue weighted by Gasteiger charge is 2.12. The first-order valence-electron chi connectivity index (χ1n) is 5.11. The number of halogens is 1. The largest absolute Gasteiger partial charge is 0.478 e. The third-order valence-electron chi connectivity index (χ3n) is 2.43. The molecule has 0 aliphatic rings. The van der Waals surface area contributed by atoms with Gasteiger partial charge in [0.2, 0.25) is 0 Å². The van der Waals surface area contributed by atoms with E-state index in [9.17, 15) is 4.79 Å². The molecule has 0 aliphatic heterocycles. The van der Waals surface area contributed by atoms with Crippen molar-refractivity contribution < 1.29 is 9.90 Å². The Labute approximate surface area is 109 Å². The van der Waals surface area contributed by atoms with E-state index in [2.05, 4.69) is 36.7 Å². The summed E-state index contributed by atoms with van der Waals surface area (Å²) in [6.45, 7) is 6.53. The minimum Gasteiger partial charge on any atom is -0.478 e. The summed E-state index contributed by atoms with van der Waals surface area (Å²) in [6, 6.07) is 5.37. The van der Waals surface area contributed by atoms with Crippen LogP contribution in [0.4, 0.5) is 0 Å². The Kier molecular flexibility index (Phi) is 4.87. The van der Waals surface area contributed by atoms with Gasteiger partial charge in [-0.2, -0.15) is 0 Å². The topological polar surface area (TPSA) is 37.3 Å². The highest BCUT2D eigenvalue weighted by atomic mass is 79.9. The van der Waals surface area contributed by atoms with E-state index in [4.69, 9.17) is 5.11 Å². The number of hydrogen-bond donors (Lipinski definition) is 1. The molecule has 0 aliphatic carbocycles. The van der Waals surface area contributed by atoms with Crippen molar-refractivity contribution in [3.05, 3.63) is 28.2 Å². The number of hydrogen-bond acceptors (Lipinski definition) is 2. The first kappa shape index (κ1) is 13.6. The maximum absolute atomic E-state index is 10.8. The normalized spacial score (nSPS) is 12.8. The standard InChI is InChI=1S/C12H15BrO2S/c1-7(2)8(3)16-9-4-5-10(12(14)15)11(13)6-9/h4-8H,1-3H3,(H,14,15). The molecule has 1 aromatic carbocycles. The molecule has 0 amide bonds. The molecule has 0 fully saturated rings. The van der Waals surface area contributed by atoms with E-state index in [0.29, 0.717) is 21.2 Å². The Morgan fingerprint density at radius 1 is 1.38 bits per heavy atom. The average Bonchev–Trinajstić information content (AvgIpc) is 2.16.